The fourth-order valence-corrected chi connectivity index (χ4v) is 3.56. The zero-order chi connectivity index (χ0) is 16.2. The van der Waals surface area contributed by atoms with Crippen LogP contribution in [-0.4, -0.2) is 34.4 Å². The number of fused-ring (bicyclic) bond motifs is 1. The Kier molecular flexibility index (Phi) is 5.42. The molecule has 0 amide bonds. The summed E-state index contributed by atoms with van der Waals surface area (Å²) in [5, 5.41) is 7.42. The number of hydrogen-bond donors (Lipinski definition) is 1. The van der Waals surface area contributed by atoms with Crippen molar-refractivity contribution in [2.24, 2.45) is 0 Å². The lowest BCUT2D eigenvalue weighted by Crippen LogP contribution is -2.15. The van der Waals surface area contributed by atoms with Gasteiger partial charge in [-0.3, -0.25) is 0 Å². The summed E-state index contributed by atoms with van der Waals surface area (Å²) in [5.74, 6) is 0.919. The van der Waals surface area contributed by atoms with Gasteiger partial charge in [-0.2, -0.15) is 8.78 Å². The molecule has 1 N–H and O–H groups in total. The lowest BCUT2D eigenvalue weighted by atomic mass is 9.87. The van der Waals surface area contributed by atoms with Crippen molar-refractivity contribution in [1.82, 2.24) is 14.6 Å². The molecular formula is C15H19BrF2N4O. The number of alkyl halides is 2. The second kappa shape index (κ2) is 7.53. The zero-order valence-electron chi connectivity index (χ0n) is 12.6. The molecule has 0 bridgehead atoms. The Hall–Kier alpha value is -1.28. The number of ether oxygens (including phenoxy) is 1. The second-order valence-corrected chi connectivity index (χ2v) is 6.54. The fourth-order valence-electron chi connectivity index (χ4n) is 3.06. The second-order valence-electron chi connectivity index (χ2n) is 5.69. The van der Waals surface area contributed by atoms with E-state index in [1.54, 1.807) is 6.20 Å². The first kappa shape index (κ1) is 16.6. The van der Waals surface area contributed by atoms with E-state index in [4.69, 9.17) is 0 Å². The fraction of sp³-hybridized carbons (Fsp3) is 0.600. The Morgan fingerprint density at radius 3 is 2.87 bits per heavy atom. The molecule has 1 aliphatic rings. The summed E-state index contributed by atoms with van der Waals surface area (Å²) in [5.41, 5.74) is 2.10. The summed E-state index contributed by atoms with van der Waals surface area (Å²) in [6.07, 6.45) is 7.88. The van der Waals surface area contributed by atoms with E-state index in [-0.39, 0.29) is 13.2 Å². The molecule has 23 heavy (non-hydrogen) atoms. The Bertz CT molecular complexity index is 658. The van der Waals surface area contributed by atoms with Crippen LogP contribution in [0.3, 0.4) is 0 Å². The topological polar surface area (TPSA) is 51.5 Å². The van der Waals surface area contributed by atoms with E-state index >= 15 is 0 Å². The maximum absolute atomic E-state index is 11.9. The molecule has 2 aromatic rings. The zero-order valence-corrected chi connectivity index (χ0v) is 14.2. The minimum absolute atomic E-state index is 0.0933. The highest BCUT2D eigenvalue weighted by atomic mass is 79.9. The molecule has 0 radical (unpaired) electrons. The number of nitrogens with one attached hydrogen (secondary N) is 1. The van der Waals surface area contributed by atoms with Crippen molar-refractivity contribution in [3.63, 3.8) is 0 Å². The number of anilines is 1. The third-order valence-corrected chi connectivity index (χ3v) is 4.78. The lowest BCUT2D eigenvalue weighted by Gasteiger charge is -2.21. The van der Waals surface area contributed by atoms with Crippen molar-refractivity contribution in [1.29, 1.82) is 0 Å². The number of nitrogens with zero attached hydrogens (tertiary/aromatic N) is 3. The van der Waals surface area contributed by atoms with Gasteiger partial charge in [0, 0.05) is 22.6 Å². The van der Waals surface area contributed by atoms with Gasteiger partial charge in [0.1, 0.15) is 0 Å². The number of halogens is 3. The van der Waals surface area contributed by atoms with Crippen molar-refractivity contribution in [3.05, 3.63) is 22.4 Å². The average molecular weight is 389 g/mol. The summed E-state index contributed by atoms with van der Waals surface area (Å²) in [7, 11) is 0. The molecule has 0 saturated heterocycles. The van der Waals surface area contributed by atoms with E-state index in [0.717, 1.165) is 9.99 Å². The van der Waals surface area contributed by atoms with Gasteiger partial charge < -0.3 is 10.1 Å². The van der Waals surface area contributed by atoms with Crippen LogP contribution in [0, 0.1) is 0 Å². The molecule has 126 valence electrons. The summed E-state index contributed by atoms with van der Waals surface area (Å²) in [6.45, 7) is -2.61. The van der Waals surface area contributed by atoms with Crippen LogP contribution in [0.4, 0.5) is 14.7 Å². The van der Waals surface area contributed by atoms with E-state index in [1.165, 1.54) is 37.8 Å². The van der Waals surface area contributed by atoms with Gasteiger partial charge in [0.05, 0.1) is 18.3 Å². The molecule has 2 aromatic heterocycles. The molecule has 0 aromatic carbocycles. The van der Waals surface area contributed by atoms with E-state index in [1.807, 2.05) is 4.52 Å². The first-order valence-electron chi connectivity index (χ1n) is 7.83. The largest absolute Gasteiger partial charge is 0.351 e. The van der Waals surface area contributed by atoms with Crippen LogP contribution in [0.25, 0.3) is 5.52 Å². The highest BCUT2D eigenvalue weighted by molar-refractivity contribution is 9.10. The maximum Gasteiger partial charge on any atom is 0.345 e. The van der Waals surface area contributed by atoms with Gasteiger partial charge in [0.25, 0.3) is 0 Å². The highest BCUT2D eigenvalue weighted by Gasteiger charge is 2.21. The predicted molar refractivity (Wildman–Crippen MR) is 87.0 cm³/mol. The van der Waals surface area contributed by atoms with Crippen LogP contribution in [0.1, 0.15) is 43.7 Å². The quantitative estimate of drug-likeness (QED) is 0.753. The van der Waals surface area contributed by atoms with E-state index in [0.29, 0.717) is 11.9 Å². The van der Waals surface area contributed by atoms with Crippen LogP contribution in [0.15, 0.2) is 16.7 Å². The third-order valence-electron chi connectivity index (χ3n) is 4.15. The number of hydrogen-bond acceptors (Lipinski definition) is 4. The van der Waals surface area contributed by atoms with Crippen molar-refractivity contribution >= 4 is 27.4 Å². The Morgan fingerprint density at radius 2 is 2.13 bits per heavy atom. The molecule has 0 spiro atoms. The molecule has 5 nitrogen and oxygen atoms in total. The molecule has 1 fully saturated rings. The summed E-state index contributed by atoms with van der Waals surface area (Å²) in [4.78, 5) is 4.23. The Morgan fingerprint density at radius 1 is 1.35 bits per heavy atom. The molecule has 1 aliphatic carbocycles. The molecule has 0 unspecified atom stereocenters. The number of rotatable bonds is 6. The molecule has 8 heteroatoms. The van der Waals surface area contributed by atoms with Crippen molar-refractivity contribution in [2.75, 3.05) is 18.5 Å². The predicted octanol–water partition coefficient (Wildman–Crippen LogP) is 4.19. The van der Waals surface area contributed by atoms with Gasteiger partial charge in [0.15, 0.2) is 0 Å². The third kappa shape index (κ3) is 3.98. The molecule has 0 atom stereocenters. The summed E-state index contributed by atoms with van der Waals surface area (Å²) < 4.78 is 31.0. The van der Waals surface area contributed by atoms with Crippen LogP contribution < -0.4 is 5.32 Å². The smallest absolute Gasteiger partial charge is 0.345 e. The molecule has 1 saturated carbocycles. The molecule has 3 rings (SSSR count). The van der Waals surface area contributed by atoms with E-state index in [2.05, 4.69) is 42.1 Å². The van der Waals surface area contributed by atoms with Gasteiger partial charge in [-0.25, -0.2) is 9.50 Å². The van der Waals surface area contributed by atoms with Gasteiger partial charge >= 0.3 is 6.61 Å². The van der Waals surface area contributed by atoms with Crippen LogP contribution in [0.5, 0.6) is 0 Å². The Balaban J connectivity index is 1.77. The highest BCUT2D eigenvalue weighted by Crippen LogP contribution is 2.35. The van der Waals surface area contributed by atoms with Crippen LogP contribution >= 0.6 is 15.9 Å². The van der Waals surface area contributed by atoms with Crippen molar-refractivity contribution in [2.45, 2.75) is 44.6 Å². The van der Waals surface area contributed by atoms with Crippen molar-refractivity contribution in [3.8, 4) is 0 Å². The van der Waals surface area contributed by atoms with E-state index in [9.17, 15) is 8.78 Å². The summed E-state index contributed by atoms with van der Waals surface area (Å²) >= 11 is 3.56. The minimum Gasteiger partial charge on any atom is -0.351 e. The minimum atomic E-state index is -2.75. The molecule has 0 aliphatic heterocycles. The molecular weight excluding hydrogens is 370 g/mol. The van der Waals surface area contributed by atoms with E-state index < -0.39 is 6.61 Å². The molecule has 2 heterocycles. The lowest BCUT2D eigenvalue weighted by molar-refractivity contribution is -0.125. The maximum atomic E-state index is 11.9. The SMILES string of the molecule is FC(F)OCCNc1ncc2c(Br)cc(C3CCCCC3)n2n1. The van der Waals surface area contributed by atoms with Gasteiger partial charge in [-0.1, -0.05) is 19.3 Å². The van der Waals surface area contributed by atoms with Gasteiger partial charge in [0.2, 0.25) is 5.95 Å². The van der Waals surface area contributed by atoms with Crippen LogP contribution in [-0.2, 0) is 4.74 Å². The van der Waals surface area contributed by atoms with Crippen LogP contribution in [0.2, 0.25) is 0 Å². The normalized spacial score (nSPS) is 16.3. The van der Waals surface area contributed by atoms with Crippen molar-refractivity contribution < 1.29 is 13.5 Å². The first-order chi connectivity index (χ1) is 11.1. The number of aromatic nitrogens is 3. The van der Waals surface area contributed by atoms with Gasteiger partial charge in [-0.05, 0) is 34.8 Å². The monoisotopic (exact) mass is 388 g/mol. The standard InChI is InChI=1S/C15H19BrF2N4O/c16-11-8-12(10-4-2-1-3-5-10)22-13(11)9-20-15(21-22)19-6-7-23-14(17)18/h8-10,14H,1-7H2,(H,19,21). The Labute approximate surface area is 141 Å². The summed E-state index contributed by atoms with van der Waals surface area (Å²) in [6, 6.07) is 2.11. The first-order valence-corrected chi connectivity index (χ1v) is 8.62. The average Bonchev–Trinajstić information content (AvgIpc) is 2.89. The van der Waals surface area contributed by atoms with Gasteiger partial charge in [-0.15, -0.1) is 5.10 Å².